The van der Waals surface area contributed by atoms with Crippen LogP contribution in [-0.2, 0) is 9.59 Å². The highest BCUT2D eigenvalue weighted by atomic mass is 16.2. The van der Waals surface area contributed by atoms with Gasteiger partial charge in [0.25, 0.3) is 0 Å². The van der Waals surface area contributed by atoms with Crippen LogP contribution in [0.1, 0.15) is 46.0 Å². The molecular formula is C14H27N3O2. The third-order valence-electron chi connectivity index (χ3n) is 4.05. The zero-order valence-corrected chi connectivity index (χ0v) is 12.1. The van der Waals surface area contributed by atoms with Crippen LogP contribution < -0.4 is 11.5 Å². The molecule has 1 rings (SSSR count). The van der Waals surface area contributed by atoms with Gasteiger partial charge in [-0.15, -0.1) is 0 Å². The summed E-state index contributed by atoms with van der Waals surface area (Å²) in [5.41, 5.74) is 11.3. The number of rotatable bonds is 6. The third-order valence-corrected chi connectivity index (χ3v) is 4.05. The molecule has 0 aliphatic heterocycles. The van der Waals surface area contributed by atoms with E-state index < -0.39 is 5.91 Å². The first-order valence-corrected chi connectivity index (χ1v) is 7.28. The maximum Gasteiger partial charge on any atom is 0.237 e. The van der Waals surface area contributed by atoms with Gasteiger partial charge < -0.3 is 16.4 Å². The molecule has 0 aromatic carbocycles. The average Bonchev–Trinajstić information content (AvgIpc) is 2.36. The van der Waals surface area contributed by atoms with Crippen LogP contribution in [-0.4, -0.2) is 35.8 Å². The standard InChI is InChI=1S/C14H27N3O2/c1-3-4-7-17(9-13(16)18)14(19)11-6-5-10(2)12(15)8-11/h10-12H,3-9,15H2,1-2H3,(H2,16,18). The van der Waals surface area contributed by atoms with E-state index in [4.69, 9.17) is 11.5 Å². The van der Waals surface area contributed by atoms with E-state index in [1.165, 1.54) is 0 Å². The van der Waals surface area contributed by atoms with Crippen LogP contribution in [0.25, 0.3) is 0 Å². The van der Waals surface area contributed by atoms with E-state index in [-0.39, 0.29) is 24.4 Å². The normalized spacial score (nSPS) is 27.0. The Bertz CT molecular complexity index is 320. The summed E-state index contributed by atoms with van der Waals surface area (Å²) in [6.45, 7) is 4.83. The van der Waals surface area contributed by atoms with Gasteiger partial charge in [0.15, 0.2) is 0 Å². The molecule has 0 spiro atoms. The van der Waals surface area contributed by atoms with Crippen LogP contribution in [0.5, 0.6) is 0 Å². The largest absolute Gasteiger partial charge is 0.368 e. The lowest BCUT2D eigenvalue weighted by molar-refractivity contribution is -0.140. The van der Waals surface area contributed by atoms with E-state index in [0.29, 0.717) is 12.5 Å². The van der Waals surface area contributed by atoms with Crippen molar-refractivity contribution in [3.63, 3.8) is 0 Å². The van der Waals surface area contributed by atoms with Crippen LogP contribution in [0.2, 0.25) is 0 Å². The number of carbonyl (C=O) groups excluding carboxylic acids is 2. The second-order valence-electron chi connectivity index (χ2n) is 5.73. The SMILES string of the molecule is CCCCN(CC(N)=O)C(=O)C1CCC(C)C(N)C1. The van der Waals surface area contributed by atoms with Crippen LogP contribution in [0.15, 0.2) is 0 Å². The first-order chi connectivity index (χ1) is 8.95. The lowest BCUT2D eigenvalue weighted by Gasteiger charge is -2.34. The number of nitrogens with zero attached hydrogens (tertiary/aromatic N) is 1. The van der Waals surface area contributed by atoms with Gasteiger partial charge in [0, 0.05) is 18.5 Å². The molecule has 3 unspecified atom stereocenters. The minimum Gasteiger partial charge on any atom is -0.368 e. The number of unbranched alkanes of at least 4 members (excludes halogenated alkanes) is 1. The Kier molecular flexibility index (Phi) is 6.28. The summed E-state index contributed by atoms with van der Waals surface area (Å²) >= 11 is 0. The maximum absolute atomic E-state index is 12.5. The minimum absolute atomic E-state index is 0.0279. The summed E-state index contributed by atoms with van der Waals surface area (Å²) in [7, 11) is 0. The van der Waals surface area contributed by atoms with Crippen molar-refractivity contribution in [2.75, 3.05) is 13.1 Å². The molecule has 5 nitrogen and oxygen atoms in total. The molecule has 0 radical (unpaired) electrons. The summed E-state index contributed by atoms with van der Waals surface area (Å²) in [6, 6.07) is 0.0873. The summed E-state index contributed by atoms with van der Waals surface area (Å²) in [4.78, 5) is 25.1. The molecule has 0 aromatic rings. The zero-order valence-electron chi connectivity index (χ0n) is 12.1. The maximum atomic E-state index is 12.5. The summed E-state index contributed by atoms with van der Waals surface area (Å²) in [6.07, 6.45) is 4.46. The van der Waals surface area contributed by atoms with Crippen LogP contribution >= 0.6 is 0 Å². The van der Waals surface area contributed by atoms with Crippen molar-refractivity contribution < 1.29 is 9.59 Å². The van der Waals surface area contributed by atoms with Gasteiger partial charge in [0.05, 0.1) is 6.54 Å². The summed E-state index contributed by atoms with van der Waals surface area (Å²) in [5.74, 6) is 0.0409. The molecule has 1 fully saturated rings. The van der Waals surface area contributed by atoms with E-state index >= 15 is 0 Å². The van der Waals surface area contributed by atoms with Crippen molar-refractivity contribution in [2.24, 2.45) is 23.3 Å². The van der Waals surface area contributed by atoms with E-state index in [1.54, 1.807) is 4.90 Å². The van der Waals surface area contributed by atoms with Gasteiger partial charge in [-0.3, -0.25) is 9.59 Å². The molecule has 1 saturated carbocycles. The number of primary amides is 1. The number of carbonyl (C=O) groups is 2. The van der Waals surface area contributed by atoms with E-state index in [0.717, 1.165) is 32.1 Å². The van der Waals surface area contributed by atoms with E-state index in [2.05, 4.69) is 13.8 Å². The van der Waals surface area contributed by atoms with Crippen molar-refractivity contribution >= 4 is 11.8 Å². The Morgan fingerprint density at radius 2 is 2.00 bits per heavy atom. The molecule has 1 aliphatic carbocycles. The summed E-state index contributed by atoms with van der Waals surface area (Å²) in [5, 5.41) is 0. The van der Waals surface area contributed by atoms with Gasteiger partial charge in [0.1, 0.15) is 0 Å². The molecular weight excluding hydrogens is 242 g/mol. The molecule has 3 atom stereocenters. The lowest BCUT2D eigenvalue weighted by Crippen LogP contribution is -2.46. The molecule has 0 heterocycles. The van der Waals surface area contributed by atoms with Gasteiger partial charge in [-0.05, 0) is 31.6 Å². The highest BCUT2D eigenvalue weighted by molar-refractivity contribution is 5.85. The first-order valence-electron chi connectivity index (χ1n) is 7.28. The predicted octanol–water partition coefficient (Wildman–Crippen LogP) is 0.864. The predicted molar refractivity (Wildman–Crippen MR) is 75.2 cm³/mol. The fraction of sp³-hybridized carbons (Fsp3) is 0.857. The van der Waals surface area contributed by atoms with Crippen molar-refractivity contribution in [2.45, 2.75) is 52.0 Å². The Balaban J connectivity index is 2.61. The molecule has 5 heteroatoms. The van der Waals surface area contributed by atoms with E-state index in [1.807, 2.05) is 0 Å². The number of hydrogen-bond acceptors (Lipinski definition) is 3. The fourth-order valence-corrected chi connectivity index (χ4v) is 2.64. The monoisotopic (exact) mass is 269 g/mol. The Labute approximate surface area is 115 Å². The Morgan fingerprint density at radius 1 is 1.32 bits per heavy atom. The van der Waals surface area contributed by atoms with Crippen molar-refractivity contribution in [1.82, 2.24) is 4.90 Å². The lowest BCUT2D eigenvalue weighted by atomic mass is 9.79. The van der Waals surface area contributed by atoms with Gasteiger partial charge in [-0.25, -0.2) is 0 Å². The number of amides is 2. The molecule has 0 aromatic heterocycles. The molecule has 2 amide bonds. The molecule has 110 valence electrons. The van der Waals surface area contributed by atoms with Crippen LogP contribution in [0.3, 0.4) is 0 Å². The average molecular weight is 269 g/mol. The Morgan fingerprint density at radius 3 is 2.53 bits per heavy atom. The molecule has 0 bridgehead atoms. The Hall–Kier alpha value is -1.10. The van der Waals surface area contributed by atoms with Crippen molar-refractivity contribution in [1.29, 1.82) is 0 Å². The quantitative estimate of drug-likeness (QED) is 0.749. The van der Waals surface area contributed by atoms with Gasteiger partial charge in [-0.2, -0.15) is 0 Å². The minimum atomic E-state index is -0.446. The van der Waals surface area contributed by atoms with Gasteiger partial charge in [-0.1, -0.05) is 20.3 Å². The number of hydrogen-bond donors (Lipinski definition) is 2. The van der Waals surface area contributed by atoms with E-state index in [9.17, 15) is 9.59 Å². The van der Waals surface area contributed by atoms with Crippen LogP contribution in [0.4, 0.5) is 0 Å². The smallest absolute Gasteiger partial charge is 0.237 e. The molecule has 1 aliphatic rings. The van der Waals surface area contributed by atoms with Gasteiger partial charge >= 0.3 is 0 Å². The summed E-state index contributed by atoms with van der Waals surface area (Å²) < 4.78 is 0. The van der Waals surface area contributed by atoms with Gasteiger partial charge in [0.2, 0.25) is 11.8 Å². The molecule has 19 heavy (non-hydrogen) atoms. The first kappa shape index (κ1) is 16.0. The van der Waals surface area contributed by atoms with Crippen molar-refractivity contribution in [3.8, 4) is 0 Å². The van der Waals surface area contributed by atoms with Crippen molar-refractivity contribution in [3.05, 3.63) is 0 Å². The number of nitrogens with two attached hydrogens (primary N) is 2. The van der Waals surface area contributed by atoms with Crippen LogP contribution in [0, 0.1) is 11.8 Å². The molecule has 0 saturated heterocycles. The third kappa shape index (κ3) is 4.82. The molecule has 4 N–H and O–H groups in total. The second-order valence-corrected chi connectivity index (χ2v) is 5.73. The highest BCUT2D eigenvalue weighted by Crippen LogP contribution is 2.29. The zero-order chi connectivity index (χ0) is 14.4. The second kappa shape index (κ2) is 7.48. The highest BCUT2D eigenvalue weighted by Gasteiger charge is 2.32. The topological polar surface area (TPSA) is 89.4 Å². The fourth-order valence-electron chi connectivity index (χ4n) is 2.64.